The van der Waals surface area contributed by atoms with Crippen LogP contribution < -0.4 is 5.32 Å². The van der Waals surface area contributed by atoms with Crippen molar-refractivity contribution in [3.8, 4) is 0 Å². The van der Waals surface area contributed by atoms with E-state index in [1.54, 1.807) is 11.3 Å². The Morgan fingerprint density at radius 2 is 2.29 bits per heavy atom. The van der Waals surface area contributed by atoms with Gasteiger partial charge in [-0.05, 0) is 36.8 Å². The minimum Gasteiger partial charge on any atom is -0.311 e. The van der Waals surface area contributed by atoms with Gasteiger partial charge in [-0.3, -0.25) is 0 Å². The molecule has 1 aromatic rings. The Kier molecular flexibility index (Phi) is 3.15. The summed E-state index contributed by atoms with van der Waals surface area (Å²) in [7, 11) is 0. The van der Waals surface area contributed by atoms with Gasteiger partial charge in [-0.1, -0.05) is 18.5 Å². The first kappa shape index (κ1) is 10.5. The molecule has 1 heterocycles. The molecule has 2 rings (SSSR count). The first-order valence-electron chi connectivity index (χ1n) is 5.19. The molecule has 1 nitrogen and oxygen atoms in total. The van der Waals surface area contributed by atoms with Crippen molar-refractivity contribution >= 4 is 22.9 Å². The monoisotopic (exact) mass is 229 g/mol. The Labute approximate surface area is 94.5 Å². The van der Waals surface area contributed by atoms with Crippen molar-refractivity contribution in [2.75, 3.05) is 6.54 Å². The van der Waals surface area contributed by atoms with Gasteiger partial charge in [0.15, 0.2) is 0 Å². The maximum absolute atomic E-state index is 5.86. The summed E-state index contributed by atoms with van der Waals surface area (Å²) in [6, 6.07) is 4.07. The van der Waals surface area contributed by atoms with E-state index in [-0.39, 0.29) is 0 Å². The molecule has 0 atom stereocenters. The minimum atomic E-state index is 0.640. The number of nitrogens with one attached hydrogen (secondary N) is 1. The summed E-state index contributed by atoms with van der Waals surface area (Å²) in [5, 5.41) is 3.52. The van der Waals surface area contributed by atoms with Crippen LogP contribution in [0.25, 0.3) is 0 Å². The molecule has 1 saturated carbocycles. The summed E-state index contributed by atoms with van der Waals surface area (Å²) >= 11 is 7.53. The second-order valence-corrected chi connectivity index (χ2v) is 5.96. The van der Waals surface area contributed by atoms with Crippen LogP contribution in [0.4, 0.5) is 0 Å². The van der Waals surface area contributed by atoms with Crippen LogP contribution in [-0.2, 0) is 6.54 Å². The lowest BCUT2D eigenvalue weighted by molar-refractivity contribution is 0.444. The smallest absolute Gasteiger partial charge is 0.0931 e. The van der Waals surface area contributed by atoms with Crippen molar-refractivity contribution in [3.63, 3.8) is 0 Å². The maximum Gasteiger partial charge on any atom is 0.0931 e. The van der Waals surface area contributed by atoms with Crippen LogP contribution in [0.2, 0.25) is 4.34 Å². The van der Waals surface area contributed by atoms with Crippen molar-refractivity contribution in [2.24, 2.45) is 5.41 Å². The van der Waals surface area contributed by atoms with Crippen molar-refractivity contribution in [1.82, 2.24) is 5.32 Å². The third-order valence-electron chi connectivity index (χ3n) is 3.14. The Hall–Kier alpha value is -0.0500. The largest absolute Gasteiger partial charge is 0.311 e. The molecule has 1 fully saturated rings. The molecule has 3 heteroatoms. The zero-order valence-electron chi connectivity index (χ0n) is 8.48. The van der Waals surface area contributed by atoms with Gasteiger partial charge in [-0.25, -0.2) is 0 Å². The SMILES string of the molecule is CCC1(CNCc2ccc(Cl)s2)CC1. The van der Waals surface area contributed by atoms with Crippen LogP contribution in [-0.4, -0.2) is 6.54 Å². The van der Waals surface area contributed by atoms with E-state index < -0.39 is 0 Å². The van der Waals surface area contributed by atoms with Crippen LogP contribution in [0.5, 0.6) is 0 Å². The molecule has 0 bridgehead atoms. The van der Waals surface area contributed by atoms with Gasteiger partial charge < -0.3 is 5.32 Å². The van der Waals surface area contributed by atoms with Crippen molar-refractivity contribution < 1.29 is 0 Å². The molecule has 1 aliphatic carbocycles. The standard InChI is InChI=1S/C11H16ClNS/c1-2-11(5-6-11)8-13-7-9-3-4-10(12)14-9/h3-4,13H,2,5-8H2,1H3. The molecule has 0 aromatic carbocycles. The number of halogens is 1. The van der Waals surface area contributed by atoms with Gasteiger partial charge in [0.1, 0.15) is 0 Å². The molecule has 78 valence electrons. The Balaban J connectivity index is 1.73. The summed E-state index contributed by atoms with van der Waals surface area (Å²) in [4.78, 5) is 1.34. The van der Waals surface area contributed by atoms with E-state index >= 15 is 0 Å². The lowest BCUT2D eigenvalue weighted by Crippen LogP contribution is -2.22. The number of hydrogen-bond acceptors (Lipinski definition) is 2. The zero-order chi connectivity index (χ0) is 10.0. The molecule has 1 aromatic heterocycles. The highest BCUT2D eigenvalue weighted by molar-refractivity contribution is 7.16. The molecule has 0 spiro atoms. The minimum absolute atomic E-state index is 0.640. The lowest BCUT2D eigenvalue weighted by Gasteiger charge is -2.12. The van der Waals surface area contributed by atoms with Crippen LogP contribution in [0.15, 0.2) is 12.1 Å². The summed E-state index contributed by atoms with van der Waals surface area (Å²) in [5.41, 5.74) is 0.640. The lowest BCUT2D eigenvalue weighted by atomic mass is 10.0. The fourth-order valence-corrected chi connectivity index (χ4v) is 2.79. The third kappa shape index (κ3) is 2.50. The predicted octanol–water partition coefficient (Wildman–Crippen LogP) is 3.68. The zero-order valence-corrected chi connectivity index (χ0v) is 10.0. The molecular weight excluding hydrogens is 214 g/mol. The van der Waals surface area contributed by atoms with Crippen LogP contribution >= 0.6 is 22.9 Å². The first-order chi connectivity index (χ1) is 6.74. The fourth-order valence-electron chi connectivity index (χ4n) is 1.73. The van der Waals surface area contributed by atoms with Crippen LogP contribution in [0.1, 0.15) is 31.1 Å². The van der Waals surface area contributed by atoms with Gasteiger partial charge in [0.25, 0.3) is 0 Å². The Morgan fingerprint density at radius 1 is 1.50 bits per heavy atom. The van der Waals surface area contributed by atoms with E-state index in [1.807, 2.05) is 6.07 Å². The van der Waals surface area contributed by atoms with Crippen molar-refractivity contribution in [1.29, 1.82) is 0 Å². The van der Waals surface area contributed by atoms with Crippen LogP contribution in [0.3, 0.4) is 0 Å². The molecule has 0 aliphatic heterocycles. The summed E-state index contributed by atoms with van der Waals surface area (Å²) in [6.45, 7) is 4.43. The summed E-state index contributed by atoms with van der Waals surface area (Å²) < 4.78 is 0.887. The van der Waals surface area contributed by atoms with E-state index in [0.29, 0.717) is 5.41 Å². The fraction of sp³-hybridized carbons (Fsp3) is 0.636. The van der Waals surface area contributed by atoms with Crippen molar-refractivity contribution in [3.05, 3.63) is 21.3 Å². The molecule has 0 unspecified atom stereocenters. The normalized spacial score (nSPS) is 18.4. The molecule has 0 saturated heterocycles. The van der Waals surface area contributed by atoms with E-state index in [1.165, 1.54) is 30.7 Å². The number of thiophene rings is 1. The topological polar surface area (TPSA) is 12.0 Å². The van der Waals surface area contributed by atoms with E-state index in [4.69, 9.17) is 11.6 Å². The highest BCUT2D eigenvalue weighted by Crippen LogP contribution is 2.47. The predicted molar refractivity (Wildman–Crippen MR) is 63.0 cm³/mol. The highest BCUT2D eigenvalue weighted by atomic mass is 35.5. The van der Waals surface area contributed by atoms with Crippen molar-refractivity contribution in [2.45, 2.75) is 32.7 Å². The second-order valence-electron chi connectivity index (χ2n) is 4.16. The van der Waals surface area contributed by atoms with Gasteiger partial charge in [-0.2, -0.15) is 0 Å². The quantitative estimate of drug-likeness (QED) is 0.812. The van der Waals surface area contributed by atoms with Gasteiger partial charge in [0, 0.05) is 18.0 Å². The first-order valence-corrected chi connectivity index (χ1v) is 6.38. The van der Waals surface area contributed by atoms with Gasteiger partial charge in [0.2, 0.25) is 0 Å². The molecule has 0 radical (unpaired) electrons. The molecule has 14 heavy (non-hydrogen) atoms. The maximum atomic E-state index is 5.86. The Morgan fingerprint density at radius 3 is 2.79 bits per heavy atom. The van der Waals surface area contributed by atoms with Gasteiger partial charge in [-0.15, -0.1) is 11.3 Å². The third-order valence-corrected chi connectivity index (χ3v) is 4.37. The number of hydrogen-bond donors (Lipinski definition) is 1. The van der Waals surface area contributed by atoms with E-state index in [9.17, 15) is 0 Å². The molecule has 1 aliphatic rings. The Bertz CT molecular complexity index is 304. The average molecular weight is 230 g/mol. The highest BCUT2D eigenvalue weighted by Gasteiger charge is 2.39. The molecule has 0 amide bonds. The summed E-state index contributed by atoms with van der Waals surface area (Å²) in [6.07, 6.45) is 4.12. The average Bonchev–Trinajstić information content (AvgIpc) is 2.84. The van der Waals surface area contributed by atoms with E-state index in [2.05, 4.69) is 18.3 Å². The van der Waals surface area contributed by atoms with E-state index in [0.717, 1.165) is 10.9 Å². The van der Waals surface area contributed by atoms with Gasteiger partial charge >= 0.3 is 0 Å². The summed E-state index contributed by atoms with van der Waals surface area (Å²) in [5.74, 6) is 0. The molecule has 1 N–H and O–H groups in total. The van der Waals surface area contributed by atoms with Crippen LogP contribution in [0, 0.1) is 5.41 Å². The number of rotatable bonds is 5. The second kappa shape index (κ2) is 4.21. The molecular formula is C11H16ClNS. The van der Waals surface area contributed by atoms with Gasteiger partial charge in [0.05, 0.1) is 4.34 Å².